The van der Waals surface area contributed by atoms with Crippen LogP contribution in [0.1, 0.15) is 68.0 Å². The summed E-state index contributed by atoms with van der Waals surface area (Å²) in [5.74, 6) is 0.519. The molecule has 192 valence electrons. The highest BCUT2D eigenvalue weighted by atomic mass is 32.1. The average molecular weight is 515 g/mol. The number of amides is 1. The fourth-order valence-corrected chi connectivity index (χ4v) is 4.77. The Labute approximate surface area is 222 Å². The highest BCUT2D eigenvalue weighted by Crippen LogP contribution is 2.41. The molecule has 0 unspecified atom stereocenters. The summed E-state index contributed by atoms with van der Waals surface area (Å²) in [4.78, 5) is 18.8. The van der Waals surface area contributed by atoms with E-state index in [1.165, 1.54) is 0 Å². The van der Waals surface area contributed by atoms with E-state index in [-0.39, 0.29) is 22.5 Å². The lowest BCUT2D eigenvalue weighted by Gasteiger charge is -2.28. The molecule has 6 nitrogen and oxygen atoms in total. The third-order valence-electron chi connectivity index (χ3n) is 6.12. The molecule has 4 aromatic rings. The molecule has 0 fully saturated rings. The number of hydrogen-bond acceptors (Lipinski definition) is 4. The number of phenolic OH excluding ortho intramolecular Hbond substituents is 1. The summed E-state index contributed by atoms with van der Waals surface area (Å²) < 4.78 is 1.83. The predicted molar refractivity (Wildman–Crippen MR) is 154 cm³/mol. The minimum Gasteiger partial charge on any atom is -0.507 e. The van der Waals surface area contributed by atoms with Gasteiger partial charge in [-0.05, 0) is 70.8 Å². The minimum absolute atomic E-state index is 0.237. The summed E-state index contributed by atoms with van der Waals surface area (Å²) in [6, 6.07) is 18.8. The van der Waals surface area contributed by atoms with Crippen LogP contribution < -0.4 is 11.1 Å². The van der Waals surface area contributed by atoms with Gasteiger partial charge in [-0.15, -0.1) is 11.3 Å². The summed E-state index contributed by atoms with van der Waals surface area (Å²) in [7, 11) is 0. The van der Waals surface area contributed by atoms with E-state index in [2.05, 4.69) is 10.3 Å². The quantitative estimate of drug-likeness (QED) is 0.150. The van der Waals surface area contributed by atoms with Crippen molar-refractivity contribution in [3.63, 3.8) is 0 Å². The van der Waals surface area contributed by atoms with Gasteiger partial charge in [-0.1, -0.05) is 47.6 Å². The van der Waals surface area contributed by atoms with Gasteiger partial charge in [0.15, 0.2) is 0 Å². The molecule has 4 N–H and O–H groups in total. The molecule has 2 heterocycles. The van der Waals surface area contributed by atoms with Crippen LogP contribution in [-0.2, 0) is 10.8 Å². The second-order valence-electron chi connectivity index (χ2n) is 11.1. The molecule has 0 radical (unpaired) electrons. The summed E-state index contributed by atoms with van der Waals surface area (Å²) in [6.07, 6.45) is 1.85. The number of phenols is 1. The number of benzene rings is 2. The van der Waals surface area contributed by atoms with E-state index in [1.54, 1.807) is 17.4 Å². The molecule has 4 rings (SSSR count). The predicted octanol–water partition coefficient (Wildman–Crippen LogP) is 7.13. The number of nitrogens with two attached hydrogens (primary N) is 1. The second-order valence-corrected chi connectivity index (χ2v) is 12.1. The third kappa shape index (κ3) is 5.78. The number of aromatic hydroxyl groups is 1. The van der Waals surface area contributed by atoms with Crippen LogP contribution in [0.4, 0.5) is 11.4 Å². The number of rotatable bonds is 5. The summed E-state index contributed by atoms with van der Waals surface area (Å²) in [6.45, 7) is 12.3. The van der Waals surface area contributed by atoms with Crippen molar-refractivity contribution in [2.75, 3.05) is 5.32 Å². The van der Waals surface area contributed by atoms with E-state index in [1.807, 2.05) is 112 Å². The van der Waals surface area contributed by atoms with Gasteiger partial charge in [0, 0.05) is 28.7 Å². The van der Waals surface area contributed by atoms with Gasteiger partial charge in [0.25, 0.3) is 5.91 Å². The van der Waals surface area contributed by atoms with E-state index >= 15 is 0 Å². The molecule has 7 heteroatoms. The number of nitrogens with one attached hydrogen (secondary N) is 1. The highest BCUT2D eigenvalue weighted by Gasteiger charge is 2.27. The first-order valence-corrected chi connectivity index (χ1v) is 13.1. The fourth-order valence-electron chi connectivity index (χ4n) is 4.14. The molecule has 0 atom stereocenters. The van der Waals surface area contributed by atoms with Gasteiger partial charge in [0.2, 0.25) is 0 Å². The summed E-state index contributed by atoms with van der Waals surface area (Å²) in [5.41, 5.74) is 9.84. The normalized spacial score (nSPS) is 12.5. The zero-order chi connectivity index (χ0) is 27.0. The Morgan fingerprint density at radius 1 is 0.946 bits per heavy atom. The number of anilines is 1. The standard InChI is InChI=1S/C30H34N4O2S/c1-29(2,3)22-17-20(18-23(26(22)35)30(4,5)6)33-28(36)24-9-7-15-34(24)21-13-11-19(12-14-21)32-27(31)25-10-8-16-37-25/h7-18,35H,1-6H3,(H2,31,32)(H,33,36). The molecule has 0 saturated carbocycles. The topological polar surface area (TPSA) is 92.6 Å². The van der Waals surface area contributed by atoms with Crippen molar-refractivity contribution in [2.45, 2.75) is 52.4 Å². The van der Waals surface area contributed by atoms with E-state index < -0.39 is 0 Å². The fraction of sp³-hybridized carbons (Fsp3) is 0.267. The number of hydrogen-bond donors (Lipinski definition) is 3. The smallest absolute Gasteiger partial charge is 0.272 e. The van der Waals surface area contributed by atoms with Crippen LogP contribution in [0.15, 0.2) is 77.2 Å². The number of amidine groups is 1. The lowest BCUT2D eigenvalue weighted by atomic mass is 9.79. The SMILES string of the molecule is CC(C)(C)c1cc(NC(=O)c2cccn2-c2ccc(N=C(N)c3cccs3)cc2)cc(C(C)(C)C)c1O. The monoisotopic (exact) mass is 514 g/mol. The lowest BCUT2D eigenvalue weighted by Crippen LogP contribution is -2.20. The maximum Gasteiger partial charge on any atom is 0.272 e. The van der Waals surface area contributed by atoms with Crippen molar-refractivity contribution in [3.05, 3.63) is 93.9 Å². The second kappa shape index (κ2) is 9.90. The van der Waals surface area contributed by atoms with Gasteiger partial charge in [0.05, 0.1) is 10.6 Å². The largest absolute Gasteiger partial charge is 0.507 e. The molecule has 1 amide bonds. The maximum atomic E-state index is 13.4. The van der Waals surface area contributed by atoms with Crippen molar-refractivity contribution >= 4 is 34.5 Å². The van der Waals surface area contributed by atoms with Crippen molar-refractivity contribution in [1.82, 2.24) is 4.57 Å². The molecule has 2 aromatic heterocycles. The number of nitrogens with zero attached hydrogens (tertiary/aromatic N) is 2. The van der Waals surface area contributed by atoms with Gasteiger partial charge < -0.3 is 20.7 Å². The van der Waals surface area contributed by atoms with Crippen LogP contribution in [0.3, 0.4) is 0 Å². The number of aromatic nitrogens is 1. The molecule has 0 aliphatic heterocycles. The van der Waals surface area contributed by atoms with Crippen molar-refractivity contribution in [3.8, 4) is 11.4 Å². The number of aliphatic imine (C=N–C) groups is 1. The van der Waals surface area contributed by atoms with Crippen LogP contribution in [0, 0.1) is 0 Å². The Morgan fingerprint density at radius 3 is 2.11 bits per heavy atom. The van der Waals surface area contributed by atoms with Crippen LogP contribution in [0.25, 0.3) is 5.69 Å². The van der Waals surface area contributed by atoms with Gasteiger partial charge in [-0.3, -0.25) is 4.79 Å². The number of carbonyl (C=O) groups is 1. The highest BCUT2D eigenvalue weighted by molar-refractivity contribution is 7.12. The Balaban J connectivity index is 1.61. The summed E-state index contributed by atoms with van der Waals surface area (Å²) in [5, 5.41) is 16.0. The Hall–Kier alpha value is -3.84. The maximum absolute atomic E-state index is 13.4. The van der Waals surface area contributed by atoms with Gasteiger partial charge in [-0.2, -0.15) is 0 Å². The molecule has 0 spiro atoms. The molecule has 0 saturated heterocycles. The van der Waals surface area contributed by atoms with Crippen LogP contribution in [0.2, 0.25) is 0 Å². The van der Waals surface area contributed by atoms with Gasteiger partial charge >= 0.3 is 0 Å². The van der Waals surface area contributed by atoms with E-state index in [9.17, 15) is 9.90 Å². The van der Waals surface area contributed by atoms with Crippen molar-refractivity contribution in [1.29, 1.82) is 0 Å². The van der Waals surface area contributed by atoms with E-state index in [0.717, 1.165) is 27.4 Å². The Kier molecular flexibility index (Phi) is 7.02. The number of carbonyl (C=O) groups excluding carboxylic acids is 1. The molecule has 37 heavy (non-hydrogen) atoms. The molecule has 2 aromatic carbocycles. The van der Waals surface area contributed by atoms with Crippen LogP contribution in [0.5, 0.6) is 5.75 Å². The molecular weight excluding hydrogens is 480 g/mol. The van der Waals surface area contributed by atoms with Crippen LogP contribution >= 0.6 is 11.3 Å². The lowest BCUT2D eigenvalue weighted by molar-refractivity contribution is 0.102. The summed E-state index contributed by atoms with van der Waals surface area (Å²) >= 11 is 1.54. The number of thiophene rings is 1. The van der Waals surface area contributed by atoms with Crippen LogP contribution in [-0.4, -0.2) is 21.4 Å². The Bertz CT molecular complexity index is 1400. The molecule has 0 aliphatic carbocycles. The zero-order valence-corrected chi connectivity index (χ0v) is 23.0. The zero-order valence-electron chi connectivity index (χ0n) is 22.2. The first-order chi connectivity index (χ1) is 17.3. The Morgan fingerprint density at radius 2 is 1.57 bits per heavy atom. The van der Waals surface area contributed by atoms with Gasteiger partial charge in [0.1, 0.15) is 17.3 Å². The van der Waals surface area contributed by atoms with E-state index in [0.29, 0.717) is 17.2 Å². The first kappa shape index (κ1) is 26.2. The molecule has 0 bridgehead atoms. The average Bonchev–Trinajstić information content (AvgIpc) is 3.52. The first-order valence-electron chi connectivity index (χ1n) is 12.2. The molecule has 0 aliphatic rings. The van der Waals surface area contributed by atoms with Gasteiger partial charge in [-0.25, -0.2) is 4.99 Å². The van der Waals surface area contributed by atoms with E-state index in [4.69, 9.17) is 5.73 Å². The van der Waals surface area contributed by atoms with Crippen molar-refractivity contribution < 1.29 is 9.90 Å². The third-order valence-corrected chi connectivity index (χ3v) is 7.01. The minimum atomic E-state index is -0.290. The van der Waals surface area contributed by atoms with Crippen molar-refractivity contribution in [2.24, 2.45) is 10.7 Å². The molecular formula is C30H34N4O2S.